The van der Waals surface area contributed by atoms with Crippen LogP contribution in [0.2, 0.25) is 5.02 Å². The van der Waals surface area contributed by atoms with Gasteiger partial charge in [0, 0.05) is 6.20 Å². The number of aromatic nitrogens is 2. The summed E-state index contributed by atoms with van der Waals surface area (Å²) in [6, 6.07) is 2.42. The number of nitrogens with two attached hydrogens (primary N) is 1. The number of amides is 1. The van der Waals surface area contributed by atoms with Gasteiger partial charge in [-0.1, -0.05) is 23.4 Å². The zero-order valence-corrected chi connectivity index (χ0v) is 17.9. The largest absolute Gasteiger partial charge is 0.462 e. The number of esters is 2. The van der Waals surface area contributed by atoms with Gasteiger partial charge in [-0.05, 0) is 25.1 Å². The fourth-order valence-electron chi connectivity index (χ4n) is 2.11. The van der Waals surface area contributed by atoms with Crippen LogP contribution in [0.1, 0.15) is 22.8 Å². The van der Waals surface area contributed by atoms with Crippen molar-refractivity contribution in [1.82, 2.24) is 9.97 Å². The van der Waals surface area contributed by atoms with E-state index in [0.29, 0.717) is 6.07 Å². The highest BCUT2D eigenvalue weighted by Crippen LogP contribution is 2.33. The van der Waals surface area contributed by atoms with Crippen LogP contribution in [0, 0.1) is 0 Å². The number of carbonyl (C=O) groups excluding carboxylic acids is 3. The lowest BCUT2D eigenvalue weighted by molar-refractivity contribution is -0.144. The number of carbonyl (C=O) groups is 3. The second-order valence-corrected chi connectivity index (χ2v) is 7.21. The first kappa shape index (κ1) is 25.2. The van der Waals surface area contributed by atoms with E-state index < -0.39 is 36.2 Å². The number of hydrogen-bond acceptors (Lipinski definition) is 9. The van der Waals surface area contributed by atoms with Gasteiger partial charge >= 0.3 is 18.1 Å². The third-order valence-electron chi connectivity index (χ3n) is 3.54. The van der Waals surface area contributed by atoms with Crippen molar-refractivity contribution in [2.24, 2.45) is 0 Å². The molecule has 1 amide bonds. The molecule has 0 radical (unpaired) electrons. The Bertz CT molecular complexity index is 1020. The predicted molar refractivity (Wildman–Crippen MR) is 109 cm³/mol. The van der Waals surface area contributed by atoms with E-state index >= 15 is 0 Å². The average molecular weight is 493 g/mol. The number of thioether (sulfide) groups is 1. The van der Waals surface area contributed by atoms with E-state index in [9.17, 15) is 27.6 Å². The van der Waals surface area contributed by atoms with Crippen LogP contribution in [0.15, 0.2) is 29.6 Å². The van der Waals surface area contributed by atoms with Crippen LogP contribution < -0.4 is 11.1 Å². The van der Waals surface area contributed by atoms with Gasteiger partial charge in [-0.2, -0.15) is 13.2 Å². The summed E-state index contributed by atoms with van der Waals surface area (Å²) in [5.74, 6) is -2.82. The molecule has 14 heteroatoms. The Morgan fingerprint density at radius 1 is 1.25 bits per heavy atom. The fraction of sp³-hybridized carbons (Fsp3) is 0.278. The Hall–Kier alpha value is -3.06. The van der Waals surface area contributed by atoms with Crippen LogP contribution in [0.5, 0.6) is 0 Å². The van der Waals surface area contributed by atoms with Crippen molar-refractivity contribution >= 4 is 52.7 Å². The first-order valence-electron chi connectivity index (χ1n) is 8.76. The number of ether oxygens (including phenoxy) is 2. The minimum absolute atomic E-state index is 0.0244. The lowest BCUT2D eigenvalue weighted by atomic mass is 10.2. The maximum absolute atomic E-state index is 12.8. The highest BCUT2D eigenvalue weighted by molar-refractivity contribution is 7.99. The minimum Gasteiger partial charge on any atom is -0.462 e. The molecule has 0 unspecified atom stereocenters. The number of anilines is 2. The zero-order chi connectivity index (χ0) is 23.9. The number of rotatable bonds is 8. The van der Waals surface area contributed by atoms with Gasteiger partial charge in [0.25, 0.3) is 5.91 Å². The summed E-state index contributed by atoms with van der Waals surface area (Å²) in [6.45, 7) is 1.02. The van der Waals surface area contributed by atoms with Gasteiger partial charge in [0.2, 0.25) is 0 Å². The molecule has 0 atom stereocenters. The van der Waals surface area contributed by atoms with Crippen molar-refractivity contribution in [3.8, 4) is 0 Å². The summed E-state index contributed by atoms with van der Waals surface area (Å²) in [4.78, 5) is 43.1. The lowest BCUT2D eigenvalue weighted by Gasteiger charge is -2.11. The Kier molecular flexibility index (Phi) is 8.66. The summed E-state index contributed by atoms with van der Waals surface area (Å²) < 4.78 is 47.9. The van der Waals surface area contributed by atoms with Crippen LogP contribution in [0.4, 0.5) is 24.7 Å². The van der Waals surface area contributed by atoms with Gasteiger partial charge in [0.15, 0.2) is 11.8 Å². The van der Waals surface area contributed by atoms with Gasteiger partial charge in [0.1, 0.15) is 11.4 Å². The number of nitrogens with one attached hydrogen (secondary N) is 1. The normalized spacial score (nSPS) is 11.0. The minimum atomic E-state index is -4.62. The molecule has 2 aromatic rings. The fourth-order valence-corrected chi connectivity index (χ4v) is 2.89. The van der Waals surface area contributed by atoms with Gasteiger partial charge in [-0.25, -0.2) is 14.8 Å². The molecular formula is C18H16ClF3N4O5S. The molecule has 1 heterocycles. The molecule has 0 fully saturated rings. The molecule has 32 heavy (non-hydrogen) atoms. The maximum Gasteiger partial charge on any atom is 0.416 e. The topological polar surface area (TPSA) is 134 Å². The predicted octanol–water partition coefficient (Wildman–Crippen LogP) is 3.18. The Labute approximate surface area is 188 Å². The highest BCUT2D eigenvalue weighted by atomic mass is 35.5. The first-order valence-corrected chi connectivity index (χ1v) is 10.1. The first-order chi connectivity index (χ1) is 15.0. The monoisotopic (exact) mass is 492 g/mol. The van der Waals surface area contributed by atoms with Crippen LogP contribution in [-0.2, 0) is 25.2 Å². The molecule has 0 aliphatic heterocycles. The molecule has 0 bridgehead atoms. The molecule has 1 aromatic carbocycles. The van der Waals surface area contributed by atoms with Crippen molar-refractivity contribution in [2.45, 2.75) is 18.3 Å². The van der Waals surface area contributed by atoms with Crippen molar-refractivity contribution in [3.05, 3.63) is 40.5 Å². The molecule has 172 valence electrons. The third-order valence-corrected chi connectivity index (χ3v) is 4.71. The summed E-state index contributed by atoms with van der Waals surface area (Å²) in [7, 11) is 0. The van der Waals surface area contributed by atoms with Crippen LogP contribution in [0.25, 0.3) is 0 Å². The van der Waals surface area contributed by atoms with E-state index in [4.69, 9.17) is 26.8 Å². The summed E-state index contributed by atoms with van der Waals surface area (Å²) >= 11 is 6.62. The number of nitrogen functional groups attached to an aromatic ring is 1. The smallest absolute Gasteiger partial charge is 0.416 e. The van der Waals surface area contributed by atoms with Crippen LogP contribution in [0.3, 0.4) is 0 Å². The standard InChI is InChI=1S/C18H16ClF3N4O5S/c1-2-30-16(29)10-6-24-17(26-15(10)23)32-8-14(28)31-7-13(27)25-12-5-9(18(20,21)22)3-4-11(12)19/h3-6H,2,7-8H2,1H3,(H,25,27)(H2,23,24,26). The molecule has 0 saturated heterocycles. The Morgan fingerprint density at radius 3 is 2.59 bits per heavy atom. The molecule has 0 saturated carbocycles. The van der Waals surface area contributed by atoms with Gasteiger partial charge in [0.05, 0.1) is 28.6 Å². The van der Waals surface area contributed by atoms with E-state index in [2.05, 4.69) is 15.3 Å². The second kappa shape index (κ2) is 11.0. The molecule has 0 aliphatic rings. The van der Waals surface area contributed by atoms with Gasteiger partial charge < -0.3 is 20.5 Å². The van der Waals surface area contributed by atoms with Gasteiger partial charge in [-0.3, -0.25) is 9.59 Å². The summed E-state index contributed by atoms with van der Waals surface area (Å²) in [5.41, 5.74) is 4.36. The quantitative estimate of drug-likeness (QED) is 0.323. The Balaban J connectivity index is 1.85. The second-order valence-electron chi connectivity index (χ2n) is 5.86. The average Bonchev–Trinajstić information content (AvgIpc) is 2.71. The third kappa shape index (κ3) is 7.27. The molecule has 3 N–H and O–H groups in total. The number of hydrogen-bond donors (Lipinski definition) is 2. The zero-order valence-electron chi connectivity index (χ0n) is 16.4. The molecular weight excluding hydrogens is 477 g/mol. The van der Waals surface area contributed by atoms with Crippen molar-refractivity contribution in [1.29, 1.82) is 0 Å². The molecule has 2 rings (SSSR count). The highest BCUT2D eigenvalue weighted by Gasteiger charge is 2.31. The number of alkyl halides is 3. The number of halogens is 4. The molecule has 0 spiro atoms. The SMILES string of the molecule is CCOC(=O)c1cnc(SCC(=O)OCC(=O)Nc2cc(C(F)(F)F)ccc2Cl)nc1N. The van der Waals surface area contributed by atoms with E-state index in [1.807, 2.05) is 0 Å². The number of benzene rings is 1. The van der Waals surface area contributed by atoms with E-state index in [1.54, 1.807) is 6.92 Å². The van der Waals surface area contributed by atoms with Gasteiger partial charge in [-0.15, -0.1) is 0 Å². The van der Waals surface area contributed by atoms with E-state index in [-0.39, 0.29) is 39.6 Å². The van der Waals surface area contributed by atoms with Crippen molar-refractivity contribution in [2.75, 3.05) is 30.0 Å². The van der Waals surface area contributed by atoms with Crippen molar-refractivity contribution < 1.29 is 37.0 Å². The Morgan fingerprint density at radius 2 is 1.97 bits per heavy atom. The lowest BCUT2D eigenvalue weighted by Crippen LogP contribution is -2.22. The van der Waals surface area contributed by atoms with E-state index in [1.165, 1.54) is 0 Å². The van der Waals surface area contributed by atoms with Crippen molar-refractivity contribution in [3.63, 3.8) is 0 Å². The molecule has 0 aliphatic carbocycles. The maximum atomic E-state index is 12.8. The summed E-state index contributed by atoms with van der Waals surface area (Å²) in [6.07, 6.45) is -3.46. The molecule has 9 nitrogen and oxygen atoms in total. The van der Waals surface area contributed by atoms with Crippen LogP contribution >= 0.6 is 23.4 Å². The van der Waals surface area contributed by atoms with Crippen LogP contribution in [-0.4, -0.2) is 46.8 Å². The molecule has 1 aromatic heterocycles. The summed E-state index contributed by atoms with van der Waals surface area (Å²) in [5, 5.41) is 2.11. The van der Waals surface area contributed by atoms with E-state index in [0.717, 1.165) is 30.1 Å². The number of nitrogens with zero attached hydrogens (tertiary/aromatic N) is 2.